The van der Waals surface area contributed by atoms with Crippen molar-refractivity contribution in [1.82, 2.24) is 0 Å². The van der Waals surface area contributed by atoms with Crippen molar-refractivity contribution in [3.8, 4) is 5.75 Å². The lowest BCUT2D eigenvalue weighted by atomic mass is 10.1. The lowest BCUT2D eigenvalue weighted by Crippen LogP contribution is -2.05. The van der Waals surface area contributed by atoms with Crippen molar-refractivity contribution < 1.29 is 18.3 Å². The molecule has 2 aromatic rings. The van der Waals surface area contributed by atoms with Crippen LogP contribution in [0.4, 0.5) is 8.78 Å². The number of hydrogen-bond donors (Lipinski definition) is 0. The number of hydrogen-bond acceptors (Lipinski definition) is 3. The second kappa shape index (κ2) is 5.73. The van der Waals surface area contributed by atoms with Gasteiger partial charge in [-0.05, 0) is 23.6 Å². The molecule has 0 spiro atoms. The van der Waals surface area contributed by atoms with Crippen LogP contribution >= 0.6 is 11.3 Å². The number of benzene rings is 1. The van der Waals surface area contributed by atoms with E-state index in [0.717, 1.165) is 4.88 Å². The van der Waals surface area contributed by atoms with Gasteiger partial charge in [-0.15, -0.1) is 11.3 Å². The molecular formula is C13H10F2O2S. The summed E-state index contributed by atoms with van der Waals surface area (Å²) in [4.78, 5) is 12.9. The standard InChI is InChI=1S/C13H10F2O2S/c14-13(15)17-10-4-1-3-9(7-10)12(16)8-11-5-2-6-18-11/h1-7,13H,8H2. The highest BCUT2D eigenvalue weighted by Gasteiger charge is 2.10. The van der Waals surface area contributed by atoms with Gasteiger partial charge in [0.15, 0.2) is 5.78 Å². The molecule has 1 heterocycles. The molecule has 0 unspecified atom stereocenters. The van der Waals surface area contributed by atoms with Crippen molar-refractivity contribution in [3.05, 3.63) is 52.2 Å². The Kier molecular flexibility index (Phi) is 4.04. The molecule has 0 saturated heterocycles. The molecule has 0 aliphatic rings. The Hall–Kier alpha value is -1.75. The third kappa shape index (κ3) is 3.37. The van der Waals surface area contributed by atoms with Gasteiger partial charge in [0.25, 0.3) is 0 Å². The van der Waals surface area contributed by atoms with Crippen molar-refractivity contribution in [3.63, 3.8) is 0 Å². The Morgan fingerprint density at radius 1 is 1.28 bits per heavy atom. The lowest BCUT2D eigenvalue weighted by Gasteiger charge is -2.05. The van der Waals surface area contributed by atoms with E-state index in [4.69, 9.17) is 0 Å². The second-order valence-corrected chi connectivity index (χ2v) is 4.62. The highest BCUT2D eigenvalue weighted by molar-refractivity contribution is 7.10. The molecule has 0 aliphatic heterocycles. The van der Waals surface area contributed by atoms with Gasteiger partial charge in [0, 0.05) is 16.9 Å². The molecule has 0 fully saturated rings. The van der Waals surface area contributed by atoms with E-state index in [9.17, 15) is 13.6 Å². The number of carbonyl (C=O) groups excluding carboxylic acids is 1. The van der Waals surface area contributed by atoms with E-state index in [2.05, 4.69) is 4.74 Å². The zero-order chi connectivity index (χ0) is 13.0. The first-order valence-electron chi connectivity index (χ1n) is 5.25. The summed E-state index contributed by atoms with van der Waals surface area (Å²) < 4.78 is 28.4. The molecule has 0 N–H and O–H groups in total. The summed E-state index contributed by atoms with van der Waals surface area (Å²) in [5.74, 6) is -0.112. The molecule has 94 valence electrons. The third-order valence-electron chi connectivity index (χ3n) is 2.30. The molecule has 5 heteroatoms. The SMILES string of the molecule is O=C(Cc1cccs1)c1cccc(OC(F)F)c1. The van der Waals surface area contributed by atoms with E-state index < -0.39 is 6.61 Å². The number of alkyl halides is 2. The first kappa shape index (κ1) is 12.7. The molecule has 0 saturated carbocycles. The number of thiophene rings is 1. The summed E-state index contributed by atoms with van der Waals surface area (Å²) in [6, 6.07) is 9.58. The van der Waals surface area contributed by atoms with E-state index in [0.29, 0.717) is 5.56 Å². The van der Waals surface area contributed by atoms with E-state index in [1.807, 2.05) is 17.5 Å². The van der Waals surface area contributed by atoms with Crippen LogP contribution in [0.25, 0.3) is 0 Å². The van der Waals surface area contributed by atoms with Gasteiger partial charge in [-0.2, -0.15) is 8.78 Å². The van der Waals surface area contributed by atoms with Crippen LogP contribution in [0, 0.1) is 0 Å². The van der Waals surface area contributed by atoms with Crippen LogP contribution in [0.2, 0.25) is 0 Å². The summed E-state index contributed by atoms with van der Waals surface area (Å²) in [5.41, 5.74) is 0.376. The number of halogens is 2. The molecule has 0 amide bonds. The first-order chi connectivity index (χ1) is 8.65. The minimum atomic E-state index is -2.88. The van der Waals surface area contributed by atoms with Crippen LogP contribution in [-0.4, -0.2) is 12.4 Å². The molecule has 18 heavy (non-hydrogen) atoms. The minimum absolute atomic E-state index is 0.00188. The lowest BCUT2D eigenvalue weighted by molar-refractivity contribution is -0.0498. The molecule has 2 nitrogen and oxygen atoms in total. The highest BCUT2D eigenvalue weighted by Crippen LogP contribution is 2.18. The summed E-state index contributed by atoms with van der Waals surface area (Å²) in [5, 5.41) is 1.89. The quantitative estimate of drug-likeness (QED) is 0.771. The Bertz CT molecular complexity index is 524. The maximum absolute atomic E-state index is 12.1. The smallest absolute Gasteiger partial charge is 0.387 e. The number of carbonyl (C=O) groups is 1. The van der Waals surface area contributed by atoms with Gasteiger partial charge in [-0.3, -0.25) is 4.79 Å². The minimum Gasteiger partial charge on any atom is -0.435 e. The van der Waals surface area contributed by atoms with E-state index in [1.165, 1.54) is 29.5 Å². The van der Waals surface area contributed by atoms with Gasteiger partial charge >= 0.3 is 6.61 Å². The van der Waals surface area contributed by atoms with Crippen molar-refractivity contribution in [2.75, 3.05) is 0 Å². The van der Waals surface area contributed by atoms with Crippen molar-refractivity contribution in [1.29, 1.82) is 0 Å². The second-order valence-electron chi connectivity index (χ2n) is 3.59. The van der Waals surface area contributed by atoms with Gasteiger partial charge in [0.1, 0.15) is 5.75 Å². The van der Waals surface area contributed by atoms with Gasteiger partial charge in [-0.25, -0.2) is 0 Å². The van der Waals surface area contributed by atoms with Gasteiger partial charge in [0.05, 0.1) is 0 Å². The zero-order valence-electron chi connectivity index (χ0n) is 9.31. The van der Waals surface area contributed by atoms with Crippen molar-refractivity contribution in [2.45, 2.75) is 13.0 Å². The average Bonchev–Trinajstić information content (AvgIpc) is 2.81. The maximum atomic E-state index is 12.1. The predicted molar refractivity (Wildman–Crippen MR) is 65.4 cm³/mol. The fourth-order valence-corrected chi connectivity index (χ4v) is 2.22. The number of Topliss-reactive ketones (excluding diaryl/α,β-unsaturated/α-hetero) is 1. The van der Waals surface area contributed by atoms with Crippen LogP contribution < -0.4 is 4.74 Å². The van der Waals surface area contributed by atoms with Gasteiger partial charge in [0.2, 0.25) is 0 Å². The van der Waals surface area contributed by atoms with Crippen molar-refractivity contribution >= 4 is 17.1 Å². The zero-order valence-corrected chi connectivity index (χ0v) is 10.1. The maximum Gasteiger partial charge on any atom is 0.387 e. The highest BCUT2D eigenvalue weighted by atomic mass is 32.1. The molecule has 1 aromatic heterocycles. The average molecular weight is 268 g/mol. The summed E-state index contributed by atoms with van der Waals surface area (Å²) in [7, 11) is 0. The normalized spacial score (nSPS) is 10.6. The molecular weight excluding hydrogens is 258 g/mol. The molecule has 1 aromatic carbocycles. The largest absolute Gasteiger partial charge is 0.435 e. The summed E-state index contributed by atoms with van der Waals surface area (Å²) in [6.07, 6.45) is 0.274. The van der Waals surface area contributed by atoms with Crippen LogP contribution in [0.3, 0.4) is 0 Å². The molecule has 0 atom stereocenters. The molecule has 0 radical (unpaired) electrons. The summed E-state index contributed by atoms with van der Waals surface area (Å²) >= 11 is 1.49. The topological polar surface area (TPSA) is 26.3 Å². The van der Waals surface area contributed by atoms with Crippen LogP contribution in [0.15, 0.2) is 41.8 Å². The number of ether oxygens (including phenoxy) is 1. The fraction of sp³-hybridized carbons (Fsp3) is 0.154. The summed E-state index contributed by atoms with van der Waals surface area (Å²) in [6.45, 7) is -2.88. The Morgan fingerprint density at radius 2 is 2.11 bits per heavy atom. The van der Waals surface area contributed by atoms with Crippen molar-refractivity contribution in [2.24, 2.45) is 0 Å². The van der Waals surface area contributed by atoms with Crippen LogP contribution in [-0.2, 0) is 6.42 Å². The van der Waals surface area contributed by atoms with Gasteiger partial charge in [-0.1, -0.05) is 18.2 Å². The van der Waals surface area contributed by atoms with Gasteiger partial charge < -0.3 is 4.74 Å². The Labute approximate surface area is 107 Å². The number of rotatable bonds is 5. The Morgan fingerprint density at radius 3 is 2.78 bits per heavy atom. The van der Waals surface area contributed by atoms with E-state index >= 15 is 0 Å². The molecule has 2 rings (SSSR count). The van der Waals surface area contributed by atoms with Crippen LogP contribution in [0.1, 0.15) is 15.2 Å². The fourth-order valence-electron chi connectivity index (χ4n) is 1.52. The van der Waals surface area contributed by atoms with E-state index in [-0.39, 0.29) is 18.0 Å². The van der Waals surface area contributed by atoms with E-state index in [1.54, 1.807) is 6.07 Å². The van der Waals surface area contributed by atoms with Crippen LogP contribution in [0.5, 0.6) is 5.75 Å². The predicted octanol–water partition coefficient (Wildman–Crippen LogP) is 3.77. The molecule has 0 aliphatic carbocycles. The number of ketones is 1. The monoisotopic (exact) mass is 268 g/mol. The third-order valence-corrected chi connectivity index (χ3v) is 3.17. The first-order valence-corrected chi connectivity index (χ1v) is 6.13. The Balaban J connectivity index is 2.10. The molecule has 0 bridgehead atoms.